The van der Waals surface area contributed by atoms with Gasteiger partial charge in [0, 0.05) is 26.7 Å². The Morgan fingerprint density at radius 1 is 1.43 bits per heavy atom. The molecule has 0 saturated heterocycles. The van der Waals surface area contributed by atoms with Gasteiger partial charge in [-0.3, -0.25) is 0 Å². The van der Waals surface area contributed by atoms with Crippen LogP contribution in [0.3, 0.4) is 0 Å². The molecule has 21 heavy (non-hydrogen) atoms. The molecule has 1 aromatic rings. The van der Waals surface area contributed by atoms with Gasteiger partial charge in [-0.2, -0.15) is 0 Å². The standard InChI is InChI=1S/C16H20N2O3/c1-11(2)9-17(3)16(21)18-8-7-13-12(10-18)5-4-6-14(13)15(19)20/h4-6H,1,7-10H2,2-3H3,(H,19,20). The van der Waals surface area contributed by atoms with Crippen molar-refractivity contribution in [2.45, 2.75) is 19.9 Å². The number of aromatic carboxylic acids is 1. The number of fused-ring (bicyclic) bond motifs is 1. The van der Waals surface area contributed by atoms with E-state index >= 15 is 0 Å². The van der Waals surface area contributed by atoms with Crippen LogP contribution in [0.1, 0.15) is 28.4 Å². The number of carboxylic acids is 1. The Bertz CT molecular complexity index is 595. The third kappa shape index (κ3) is 3.24. The first-order chi connectivity index (χ1) is 9.90. The summed E-state index contributed by atoms with van der Waals surface area (Å²) in [5.41, 5.74) is 3.03. The van der Waals surface area contributed by atoms with Gasteiger partial charge >= 0.3 is 12.0 Å². The fourth-order valence-corrected chi connectivity index (χ4v) is 2.69. The van der Waals surface area contributed by atoms with E-state index in [0.717, 1.165) is 16.7 Å². The van der Waals surface area contributed by atoms with Crippen molar-refractivity contribution in [1.29, 1.82) is 0 Å². The molecule has 0 spiro atoms. The van der Waals surface area contributed by atoms with Crippen molar-refractivity contribution in [1.82, 2.24) is 9.80 Å². The number of hydrogen-bond acceptors (Lipinski definition) is 2. The van der Waals surface area contributed by atoms with E-state index in [1.54, 1.807) is 29.0 Å². The summed E-state index contributed by atoms with van der Waals surface area (Å²) in [5.74, 6) is -0.911. The van der Waals surface area contributed by atoms with Crippen LogP contribution in [0.25, 0.3) is 0 Å². The summed E-state index contributed by atoms with van der Waals surface area (Å²) >= 11 is 0. The van der Waals surface area contributed by atoms with E-state index in [1.165, 1.54) is 0 Å². The monoisotopic (exact) mass is 288 g/mol. The van der Waals surface area contributed by atoms with Gasteiger partial charge < -0.3 is 14.9 Å². The third-order valence-electron chi connectivity index (χ3n) is 3.60. The van der Waals surface area contributed by atoms with E-state index in [0.29, 0.717) is 31.6 Å². The Balaban J connectivity index is 2.16. The number of rotatable bonds is 3. The lowest BCUT2D eigenvalue weighted by Crippen LogP contribution is -2.44. The predicted octanol–water partition coefficient (Wildman–Crippen LogP) is 2.37. The molecule has 0 bridgehead atoms. The third-order valence-corrected chi connectivity index (χ3v) is 3.60. The van der Waals surface area contributed by atoms with Crippen LogP contribution in [0.15, 0.2) is 30.4 Å². The first kappa shape index (κ1) is 15.1. The maximum absolute atomic E-state index is 12.4. The number of hydrogen-bond donors (Lipinski definition) is 1. The highest BCUT2D eigenvalue weighted by Crippen LogP contribution is 2.23. The van der Waals surface area contributed by atoms with Crippen LogP contribution in [-0.4, -0.2) is 47.0 Å². The average molecular weight is 288 g/mol. The predicted molar refractivity (Wildman–Crippen MR) is 80.4 cm³/mol. The fourth-order valence-electron chi connectivity index (χ4n) is 2.69. The molecule has 0 saturated carbocycles. The highest BCUT2D eigenvalue weighted by atomic mass is 16.4. The molecule has 0 radical (unpaired) electrons. The minimum absolute atomic E-state index is 0.0515. The van der Waals surface area contributed by atoms with Gasteiger partial charge in [0.1, 0.15) is 0 Å². The number of amides is 2. The van der Waals surface area contributed by atoms with E-state index in [9.17, 15) is 14.7 Å². The van der Waals surface area contributed by atoms with Crippen molar-refractivity contribution in [2.75, 3.05) is 20.1 Å². The van der Waals surface area contributed by atoms with Crippen molar-refractivity contribution in [3.05, 3.63) is 47.0 Å². The summed E-state index contributed by atoms with van der Waals surface area (Å²) in [7, 11) is 1.75. The minimum Gasteiger partial charge on any atom is -0.478 e. The second-order valence-corrected chi connectivity index (χ2v) is 5.52. The van der Waals surface area contributed by atoms with Crippen molar-refractivity contribution in [3.63, 3.8) is 0 Å². The van der Waals surface area contributed by atoms with Crippen LogP contribution >= 0.6 is 0 Å². The molecule has 0 atom stereocenters. The first-order valence-electron chi connectivity index (χ1n) is 6.88. The van der Waals surface area contributed by atoms with Crippen LogP contribution in [0, 0.1) is 0 Å². The zero-order valence-corrected chi connectivity index (χ0v) is 12.4. The minimum atomic E-state index is -0.911. The van der Waals surface area contributed by atoms with E-state index in [2.05, 4.69) is 6.58 Å². The molecule has 1 aliphatic heterocycles. The fraction of sp³-hybridized carbons (Fsp3) is 0.375. The lowest BCUT2D eigenvalue weighted by Gasteiger charge is -2.33. The summed E-state index contributed by atoms with van der Waals surface area (Å²) < 4.78 is 0. The lowest BCUT2D eigenvalue weighted by molar-refractivity contribution is 0.0695. The molecule has 2 amide bonds. The van der Waals surface area contributed by atoms with Crippen LogP contribution < -0.4 is 0 Å². The van der Waals surface area contributed by atoms with Gasteiger partial charge in [0.2, 0.25) is 0 Å². The van der Waals surface area contributed by atoms with Crippen molar-refractivity contribution < 1.29 is 14.7 Å². The summed E-state index contributed by atoms with van der Waals surface area (Å²) in [4.78, 5) is 27.0. The smallest absolute Gasteiger partial charge is 0.335 e. The van der Waals surface area contributed by atoms with Gasteiger partial charge in [0.15, 0.2) is 0 Å². The molecule has 1 aromatic carbocycles. The number of nitrogens with zero attached hydrogens (tertiary/aromatic N) is 2. The van der Waals surface area contributed by atoms with Crippen molar-refractivity contribution >= 4 is 12.0 Å². The largest absolute Gasteiger partial charge is 0.478 e. The second-order valence-electron chi connectivity index (χ2n) is 5.52. The summed E-state index contributed by atoms with van der Waals surface area (Å²) in [6, 6.07) is 5.18. The summed E-state index contributed by atoms with van der Waals surface area (Å²) in [6.07, 6.45) is 0.574. The number of carboxylic acid groups (broad SMARTS) is 1. The number of carbonyl (C=O) groups is 2. The second kappa shape index (κ2) is 5.99. The molecule has 1 aliphatic rings. The molecule has 1 N–H and O–H groups in total. The Labute approximate surface area is 124 Å². The topological polar surface area (TPSA) is 60.9 Å². The molecular formula is C16H20N2O3. The molecule has 0 unspecified atom stereocenters. The molecule has 0 aliphatic carbocycles. The van der Waals surface area contributed by atoms with E-state index < -0.39 is 5.97 Å². The SMILES string of the molecule is C=C(C)CN(C)C(=O)N1CCc2c(cccc2C(=O)O)C1. The van der Waals surface area contributed by atoms with Gasteiger partial charge in [0.05, 0.1) is 5.56 Å². The lowest BCUT2D eigenvalue weighted by atomic mass is 9.94. The maximum atomic E-state index is 12.4. The van der Waals surface area contributed by atoms with Gasteiger partial charge in [-0.1, -0.05) is 24.3 Å². The van der Waals surface area contributed by atoms with Gasteiger partial charge in [0.25, 0.3) is 0 Å². The molecule has 2 rings (SSSR count). The zero-order chi connectivity index (χ0) is 15.6. The first-order valence-corrected chi connectivity index (χ1v) is 6.88. The van der Waals surface area contributed by atoms with Gasteiger partial charge in [-0.25, -0.2) is 9.59 Å². The number of likely N-dealkylation sites (N-methyl/N-ethyl adjacent to an activating group) is 1. The van der Waals surface area contributed by atoms with Crippen LogP contribution in [0.5, 0.6) is 0 Å². The van der Waals surface area contributed by atoms with Crippen LogP contribution in [0.4, 0.5) is 4.79 Å². The Morgan fingerprint density at radius 3 is 2.76 bits per heavy atom. The number of carbonyl (C=O) groups excluding carboxylic acids is 1. The Hall–Kier alpha value is -2.30. The van der Waals surface area contributed by atoms with Gasteiger partial charge in [-0.15, -0.1) is 0 Å². The zero-order valence-electron chi connectivity index (χ0n) is 12.4. The average Bonchev–Trinajstić information content (AvgIpc) is 2.44. The van der Waals surface area contributed by atoms with Crippen LogP contribution in [0.2, 0.25) is 0 Å². The van der Waals surface area contributed by atoms with Gasteiger partial charge in [-0.05, 0) is 30.5 Å². The molecule has 0 aromatic heterocycles. The number of urea groups is 1. The molecule has 112 valence electrons. The number of benzene rings is 1. The van der Waals surface area contributed by atoms with Crippen molar-refractivity contribution in [2.24, 2.45) is 0 Å². The molecule has 1 heterocycles. The summed E-state index contributed by atoms with van der Waals surface area (Å²) in [5, 5.41) is 9.20. The van der Waals surface area contributed by atoms with E-state index in [-0.39, 0.29) is 6.03 Å². The molecular weight excluding hydrogens is 268 g/mol. The summed E-state index contributed by atoms with van der Waals surface area (Å²) in [6.45, 7) is 7.21. The quantitative estimate of drug-likeness (QED) is 0.869. The van der Waals surface area contributed by atoms with Crippen LogP contribution in [-0.2, 0) is 13.0 Å². The highest BCUT2D eigenvalue weighted by Gasteiger charge is 2.25. The van der Waals surface area contributed by atoms with E-state index in [1.807, 2.05) is 13.0 Å². The molecule has 0 fully saturated rings. The molecule has 5 heteroatoms. The Morgan fingerprint density at radius 2 is 2.14 bits per heavy atom. The van der Waals surface area contributed by atoms with E-state index in [4.69, 9.17) is 0 Å². The highest BCUT2D eigenvalue weighted by molar-refractivity contribution is 5.90. The normalized spacial score (nSPS) is 13.5. The van der Waals surface area contributed by atoms with Crippen molar-refractivity contribution in [3.8, 4) is 0 Å². The Kier molecular flexibility index (Phi) is 4.31. The molecule has 5 nitrogen and oxygen atoms in total. The maximum Gasteiger partial charge on any atom is 0.335 e.